The number of hydrogen-bond acceptors (Lipinski definition) is 4. The summed E-state index contributed by atoms with van der Waals surface area (Å²) in [6.45, 7) is 0.641. The van der Waals surface area contributed by atoms with Gasteiger partial charge in [0.2, 0.25) is 0 Å². The molecule has 2 aromatic rings. The summed E-state index contributed by atoms with van der Waals surface area (Å²) in [7, 11) is 0. The Balaban J connectivity index is 2.04. The first-order chi connectivity index (χ1) is 7.34. The Morgan fingerprint density at radius 2 is 2.27 bits per heavy atom. The number of fused-ring (bicyclic) bond motifs is 1. The highest BCUT2D eigenvalue weighted by Crippen LogP contribution is 2.37. The van der Waals surface area contributed by atoms with Crippen LogP contribution in [0.25, 0.3) is 0 Å². The summed E-state index contributed by atoms with van der Waals surface area (Å²) in [5, 5.41) is 0. The van der Waals surface area contributed by atoms with Crippen molar-refractivity contribution >= 4 is 27.5 Å². The van der Waals surface area contributed by atoms with Gasteiger partial charge in [-0.2, -0.15) is 4.37 Å². The highest BCUT2D eigenvalue weighted by molar-refractivity contribution is 9.11. The molecule has 0 bridgehead atoms. The number of rotatable bonds is 1. The zero-order valence-corrected chi connectivity index (χ0v) is 10.1. The minimum atomic E-state index is 0.184. The molecule has 1 aliphatic heterocycles. The summed E-state index contributed by atoms with van der Waals surface area (Å²) in [6, 6.07) is 8.05. The van der Waals surface area contributed by atoms with Gasteiger partial charge in [0, 0.05) is 5.56 Å². The second kappa shape index (κ2) is 3.57. The second-order valence-corrected chi connectivity index (χ2v) is 5.33. The fourth-order valence-electron chi connectivity index (χ4n) is 1.73. The number of aromatic nitrogens is 2. The molecule has 2 heterocycles. The lowest BCUT2D eigenvalue weighted by Crippen LogP contribution is -2.04. The molecule has 0 fully saturated rings. The zero-order chi connectivity index (χ0) is 10.3. The fourth-order valence-corrected chi connectivity index (χ4v) is 2.60. The van der Waals surface area contributed by atoms with Crippen molar-refractivity contribution in [3.05, 3.63) is 39.6 Å². The van der Waals surface area contributed by atoms with Gasteiger partial charge in [-0.05, 0) is 33.5 Å². The van der Waals surface area contributed by atoms with Crippen molar-refractivity contribution in [2.24, 2.45) is 0 Å². The fraction of sp³-hybridized carbons (Fsp3) is 0.200. The van der Waals surface area contributed by atoms with Crippen molar-refractivity contribution in [1.82, 2.24) is 9.36 Å². The Morgan fingerprint density at radius 1 is 1.40 bits per heavy atom. The van der Waals surface area contributed by atoms with Crippen LogP contribution in [0.5, 0.6) is 5.75 Å². The maximum absolute atomic E-state index is 5.58. The molecule has 1 aromatic heterocycles. The molecule has 1 aliphatic rings. The standard InChI is InChI=1S/C10H7BrN2OS/c11-10-12-9(13-15-10)7-5-14-8-4-2-1-3-6(7)8/h1-4,7H,5H2. The molecular formula is C10H7BrN2OS. The van der Waals surface area contributed by atoms with Gasteiger partial charge in [-0.3, -0.25) is 0 Å². The predicted molar refractivity (Wildman–Crippen MR) is 61.4 cm³/mol. The van der Waals surface area contributed by atoms with Crippen LogP contribution in [0, 0.1) is 0 Å². The third-order valence-electron chi connectivity index (χ3n) is 2.43. The van der Waals surface area contributed by atoms with Crippen LogP contribution in [0.15, 0.2) is 28.2 Å². The summed E-state index contributed by atoms with van der Waals surface area (Å²) in [4.78, 5) is 4.34. The molecule has 0 N–H and O–H groups in total. The number of hydrogen-bond donors (Lipinski definition) is 0. The molecule has 3 rings (SSSR count). The third-order valence-corrected chi connectivity index (χ3v) is 3.56. The zero-order valence-electron chi connectivity index (χ0n) is 7.68. The Hall–Kier alpha value is -0.940. The molecule has 0 spiro atoms. The van der Waals surface area contributed by atoms with Gasteiger partial charge in [-0.1, -0.05) is 18.2 Å². The molecule has 1 aromatic carbocycles. The molecule has 1 atom stereocenters. The molecule has 76 valence electrons. The topological polar surface area (TPSA) is 35.0 Å². The van der Waals surface area contributed by atoms with Gasteiger partial charge >= 0.3 is 0 Å². The van der Waals surface area contributed by atoms with Crippen molar-refractivity contribution in [1.29, 1.82) is 0 Å². The highest BCUT2D eigenvalue weighted by Gasteiger charge is 2.28. The van der Waals surface area contributed by atoms with Crippen LogP contribution in [0.1, 0.15) is 17.3 Å². The van der Waals surface area contributed by atoms with Gasteiger partial charge in [0.05, 0.1) is 5.92 Å². The molecule has 0 saturated carbocycles. The van der Waals surface area contributed by atoms with Crippen LogP contribution in [0.2, 0.25) is 0 Å². The second-order valence-electron chi connectivity index (χ2n) is 3.31. The van der Waals surface area contributed by atoms with E-state index in [-0.39, 0.29) is 5.92 Å². The van der Waals surface area contributed by atoms with Gasteiger partial charge in [-0.25, -0.2) is 4.98 Å². The lowest BCUT2D eigenvalue weighted by molar-refractivity contribution is 0.340. The summed E-state index contributed by atoms with van der Waals surface area (Å²) in [5.74, 6) is 1.98. The maximum Gasteiger partial charge on any atom is 0.179 e. The monoisotopic (exact) mass is 282 g/mol. The summed E-state index contributed by atoms with van der Waals surface area (Å²) >= 11 is 4.69. The van der Waals surface area contributed by atoms with E-state index in [2.05, 4.69) is 31.4 Å². The maximum atomic E-state index is 5.58. The number of benzene rings is 1. The Labute approximate surface area is 99.4 Å². The van der Waals surface area contributed by atoms with E-state index in [4.69, 9.17) is 4.74 Å². The van der Waals surface area contributed by atoms with Gasteiger partial charge < -0.3 is 4.74 Å². The SMILES string of the molecule is Brc1nc(C2COc3ccccc32)ns1. The van der Waals surface area contributed by atoms with Crippen LogP contribution in [-0.4, -0.2) is 16.0 Å². The molecule has 15 heavy (non-hydrogen) atoms. The highest BCUT2D eigenvalue weighted by atomic mass is 79.9. The van der Waals surface area contributed by atoms with Crippen molar-refractivity contribution in [3.8, 4) is 5.75 Å². The summed E-state index contributed by atoms with van der Waals surface area (Å²) in [6.07, 6.45) is 0. The average Bonchev–Trinajstić information content (AvgIpc) is 2.83. The number of nitrogens with zero attached hydrogens (tertiary/aromatic N) is 2. The van der Waals surface area contributed by atoms with E-state index < -0.39 is 0 Å². The van der Waals surface area contributed by atoms with Crippen molar-refractivity contribution in [2.75, 3.05) is 6.61 Å². The molecule has 3 nitrogen and oxygen atoms in total. The summed E-state index contributed by atoms with van der Waals surface area (Å²) in [5.41, 5.74) is 1.18. The Bertz CT molecular complexity index is 500. The van der Waals surface area contributed by atoms with E-state index in [1.54, 1.807) is 0 Å². The van der Waals surface area contributed by atoms with Crippen LogP contribution in [0.4, 0.5) is 0 Å². The van der Waals surface area contributed by atoms with Crippen molar-refractivity contribution in [2.45, 2.75) is 5.92 Å². The van der Waals surface area contributed by atoms with Gasteiger partial charge in [-0.15, -0.1) is 0 Å². The van der Waals surface area contributed by atoms with Gasteiger partial charge in [0.25, 0.3) is 0 Å². The molecule has 0 radical (unpaired) electrons. The summed E-state index contributed by atoms with van der Waals surface area (Å²) < 4.78 is 10.7. The van der Waals surface area contributed by atoms with E-state index in [9.17, 15) is 0 Å². The smallest absolute Gasteiger partial charge is 0.179 e. The van der Waals surface area contributed by atoms with E-state index in [0.717, 1.165) is 15.5 Å². The van der Waals surface area contributed by atoms with Crippen LogP contribution in [-0.2, 0) is 0 Å². The van der Waals surface area contributed by atoms with Crippen molar-refractivity contribution in [3.63, 3.8) is 0 Å². The van der Waals surface area contributed by atoms with Crippen LogP contribution in [0.3, 0.4) is 0 Å². The number of para-hydroxylation sites is 1. The van der Waals surface area contributed by atoms with Crippen LogP contribution >= 0.6 is 27.5 Å². The van der Waals surface area contributed by atoms with E-state index in [1.807, 2.05) is 18.2 Å². The molecule has 0 amide bonds. The first-order valence-electron chi connectivity index (χ1n) is 4.55. The minimum absolute atomic E-state index is 0.184. The predicted octanol–water partition coefficient (Wildman–Crippen LogP) is 2.82. The number of ether oxygens (including phenoxy) is 1. The minimum Gasteiger partial charge on any atom is -0.492 e. The molecule has 0 aliphatic carbocycles. The molecule has 0 saturated heterocycles. The molecular weight excluding hydrogens is 276 g/mol. The van der Waals surface area contributed by atoms with Gasteiger partial charge in [0.1, 0.15) is 12.4 Å². The van der Waals surface area contributed by atoms with E-state index in [1.165, 1.54) is 17.1 Å². The number of halogens is 1. The van der Waals surface area contributed by atoms with Crippen LogP contribution < -0.4 is 4.74 Å². The third kappa shape index (κ3) is 1.55. The lowest BCUT2D eigenvalue weighted by atomic mass is 10.0. The van der Waals surface area contributed by atoms with E-state index >= 15 is 0 Å². The van der Waals surface area contributed by atoms with Gasteiger partial charge in [0.15, 0.2) is 9.74 Å². The molecule has 5 heteroatoms. The molecule has 1 unspecified atom stereocenters. The first kappa shape index (κ1) is 9.30. The van der Waals surface area contributed by atoms with Crippen molar-refractivity contribution < 1.29 is 4.74 Å². The largest absolute Gasteiger partial charge is 0.492 e. The lowest BCUT2D eigenvalue weighted by Gasteiger charge is -2.02. The van der Waals surface area contributed by atoms with E-state index in [0.29, 0.717) is 6.61 Å². The quantitative estimate of drug-likeness (QED) is 0.807. The normalized spacial score (nSPS) is 18.6. The first-order valence-corrected chi connectivity index (χ1v) is 6.12. The average molecular weight is 283 g/mol. The Kier molecular flexibility index (Phi) is 2.21. The Morgan fingerprint density at radius 3 is 3.07 bits per heavy atom.